The summed E-state index contributed by atoms with van der Waals surface area (Å²) >= 11 is 0.998. The summed E-state index contributed by atoms with van der Waals surface area (Å²) in [6.07, 6.45) is 1.81. The lowest BCUT2D eigenvalue weighted by atomic mass is 10.1. The van der Waals surface area contributed by atoms with E-state index in [4.69, 9.17) is 4.74 Å². The van der Waals surface area contributed by atoms with Gasteiger partial charge in [-0.2, -0.15) is 5.10 Å². The van der Waals surface area contributed by atoms with Gasteiger partial charge >= 0.3 is 5.97 Å². The fraction of sp³-hybridized carbons (Fsp3) is 0.150. The first-order valence-electron chi connectivity index (χ1n) is 8.61. The van der Waals surface area contributed by atoms with Crippen LogP contribution in [0.2, 0.25) is 0 Å². The van der Waals surface area contributed by atoms with Crippen LogP contribution in [0.15, 0.2) is 42.6 Å². The van der Waals surface area contributed by atoms with Crippen LogP contribution in [-0.2, 0) is 0 Å². The van der Waals surface area contributed by atoms with Crippen molar-refractivity contribution in [3.05, 3.63) is 59.0 Å². The lowest BCUT2D eigenvalue weighted by Crippen LogP contribution is -2.00. The van der Waals surface area contributed by atoms with E-state index in [2.05, 4.69) is 10.1 Å². The van der Waals surface area contributed by atoms with E-state index in [0.29, 0.717) is 17.3 Å². The van der Waals surface area contributed by atoms with Gasteiger partial charge < -0.3 is 9.84 Å². The smallest absolute Gasteiger partial charge is 0.348 e. The second-order valence-electron chi connectivity index (χ2n) is 6.04. The largest absolute Gasteiger partial charge is 0.493 e. The van der Waals surface area contributed by atoms with Crippen molar-refractivity contribution in [2.45, 2.75) is 13.8 Å². The lowest BCUT2D eigenvalue weighted by molar-refractivity contribution is 0.0702. The highest BCUT2D eigenvalue weighted by Gasteiger charge is 2.26. The number of fused-ring (bicyclic) bond motifs is 1. The molecule has 142 valence electrons. The number of carboxylic acids is 1. The second kappa shape index (κ2) is 7.05. The van der Waals surface area contributed by atoms with Crippen molar-refractivity contribution in [3.8, 4) is 27.6 Å². The van der Waals surface area contributed by atoms with E-state index in [9.17, 15) is 14.3 Å². The normalized spacial score (nSPS) is 11.1. The van der Waals surface area contributed by atoms with Gasteiger partial charge in [-0.3, -0.25) is 0 Å². The van der Waals surface area contributed by atoms with E-state index < -0.39 is 11.8 Å². The molecule has 0 saturated heterocycles. The molecule has 0 aliphatic carbocycles. The van der Waals surface area contributed by atoms with Crippen LogP contribution in [0.3, 0.4) is 0 Å². The number of pyridine rings is 1. The van der Waals surface area contributed by atoms with Crippen molar-refractivity contribution in [1.29, 1.82) is 0 Å². The summed E-state index contributed by atoms with van der Waals surface area (Å²) in [6, 6.07) is 10.00. The number of rotatable bonds is 5. The van der Waals surface area contributed by atoms with Crippen molar-refractivity contribution in [2.24, 2.45) is 0 Å². The van der Waals surface area contributed by atoms with Gasteiger partial charge in [0.2, 0.25) is 0 Å². The molecule has 1 aromatic carbocycles. The molecular formula is C20H16FN3O3S. The van der Waals surface area contributed by atoms with Gasteiger partial charge in [-0.05, 0) is 38.1 Å². The van der Waals surface area contributed by atoms with Gasteiger partial charge in [-0.1, -0.05) is 12.1 Å². The molecule has 3 heterocycles. The number of halogens is 1. The van der Waals surface area contributed by atoms with Crippen LogP contribution in [0.25, 0.3) is 27.3 Å². The molecule has 0 radical (unpaired) electrons. The predicted octanol–water partition coefficient (Wildman–Crippen LogP) is 4.67. The average molecular weight is 397 g/mol. The molecule has 0 unspecified atom stereocenters. The number of benzene rings is 1. The number of aryl methyl sites for hydroxylation is 1. The third-order valence-electron chi connectivity index (χ3n) is 4.26. The number of ether oxygens (including phenoxy) is 1. The third-order valence-corrected chi connectivity index (χ3v) is 5.32. The van der Waals surface area contributed by atoms with E-state index in [1.807, 2.05) is 31.3 Å². The topological polar surface area (TPSA) is 76.7 Å². The van der Waals surface area contributed by atoms with Crippen molar-refractivity contribution >= 4 is 22.8 Å². The molecule has 4 aromatic rings. The number of aromatic carboxylic acids is 1. The first kappa shape index (κ1) is 18.1. The van der Waals surface area contributed by atoms with Crippen LogP contribution >= 0.6 is 11.3 Å². The fourth-order valence-corrected chi connectivity index (χ4v) is 4.15. The van der Waals surface area contributed by atoms with Crippen LogP contribution in [0.1, 0.15) is 22.3 Å². The molecule has 1 N–H and O–H groups in total. The molecule has 0 saturated carbocycles. The van der Waals surface area contributed by atoms with Crippen LogP contribution in [0, 0.1) is 12.7 Å². The molecule has 6 nitrogen and oxygen atoms in total. The molecule has 0 aliphatic heterocycles. The molecular weight excluding hydrogens is 381 g/mol. The number of carbonyl (C=O) groups is 1. The summed E-state index contributed by atoms with van der Waals surface area (Å²) < 4.78 is 21.9. The SMILES string of the molecule is CCOc1cccc(F)c1-c1nc(-c2c(C)nn3ccccc23)sc1C(=O)O. The van der Waals surface area contributed by atoms with E-state index >= 15 is 0 Å². The zero-order valence-electron chi connectivity index (χ0n) is 15.1. The molecule has 0 bridgehead atoms. The van der Waals surface area contributed by atoms with Gasteiger partial charge in [0.05, 0.1) is 28.9 Å². The van der Waals surface area contributed by atoms with Crippen molar-refractivity contribution < 1.29 is 19.0 Å². The average Bonchev–Trinajstić information content (AvgIpc) is 3.22. The Kier molecular flexibility index (Phi) is 4.56. The standard InChI is InChI=1S/C20H16FN3O3S/c1-3-27-14-9-6-7-12(21)16(14)17-18(20(25)26)28-19(22-17)15-11(2)23-24-10-5-4-8-13(15)24/h4-10H,3H2,1-2H3,(H,25,26). The van der Waals surface area contributed by atoms with Gasteiger partial charge in [0, 0.05) is 6.20 Å². The van der Waals surface area contributed by atoms with E-state index in [-0.39, 0.29) is 21.9 Å². The third kappa shape index (κ3) is 2.91. The van der Waals surface area contributed by atoms with E-state index in [0.717, 1.165) is 22.4 Å². The summed E-state index contributed by atoms with van der Waals surface area (Å²) in [7, 11) is 0. The van der Waals surface area contributed by atoms with Crippen molar-refractivity contribution in [2.75, 3.05) is 6.61 Å². The highest BCUT2D eigenvalue weighted by Crippen LogP contribution is 2.41. The zero-order chi connectivity index (χ0) is 19.8. The Morgan fingerprint density at radius 1 is 1.25 bits per heavy atom. The molecule has 4 rings (SSSR count). The quantitative estimate of drug-likeness (QED) is 0.530. The van der Waals surface area contributed by atoms with Gasteiger partial charge in [0.25, 0.3) is 0 Å². The Morgan fingerprint density at radius 2 is 2.07 bits per heavy atom. The number of hydrogen-bond acceptors (Lipinski definition) is 5. The highest BCUT2D eigenvalue weighted by molar-refractivity contribution is 7.17. The molecule has 0 fully saturated rings. The van der Waals surface area contributed by atoms with Crippen LogP contribution in [0.5, 0.6) is 5.75 Å². The second-order valence-corrected chi connectivity index (χ2v) is 7.04. The monoisotopic (exact) mass is 397 g/mol. The maximum absolute atomic E-state index is 14.7. The molecule has 8 heteroatoms. The van der Waals surface area contributed by atoms with Crippen LogP contribution < -0.4 is 4.74 Å². The zero-order valence-corrected chi connectivity index (χ0v) is 16.0. The van der Waals surface area contributed by atoms with Crippen molar-refractivity contribution in [1.82, 2.24) is 14.6 Å². The Balaban J connectivity index is 1.98. The first-order chi connectivity index (χ1) is 13.5. The Morgan fingerprint density at radius 3 is 2.82 bits per heavy atom. The van der Waals surface area contributed by atoms with Gasteiger partial charge in [-0.15, -0.1) is 11.3 Å². The van der Waals surface area contributed by atoms with E-state index in [1.54, 1.807) is 17.5 Å². The molecule has 0 atom stereocenters. The maximum atomic E-state index is 14.7. The molecule has 28 heavy (non-hydrogen) atoms. The number of thiazole rings is 1. The predicted molar refractivity (Wildman–Crippen MR) is 105 cm³/mol. The molecule has 3 aromatic heterocycles. The summed E-state index contributed by atoms with van der Waals surface area (Å²) in [6.45, 7) is 3.93. The minimum Gasteiger partial charge on any atom is -0.493 e. The Bertz CT molecular complexity index is 1200. The summed E-state index contributed by atoms with van der Waals surface area (Å²) in [5.41, 5.74) is 2.36. The van der Waals surface area contributed by atoms with Gasteiger partial charge in [0.1, 0.15) is 27.1 Å². The Labute approximate surface area is 163 Å². The minimum atomic E-state index is -1.17. The summed E-state index contributed by atoms with van der Waals surface area (Å²) in [5, 5.41) is 14.6. The van der Waals surface area contributed by atoms with Crippen LogP contribution in [-0.4, -0.2) is 32.3 Å². The first-order valence-corrected chi connectivity index (χ1v) is 9.43. The molecule has 0 spiro atoms. The van der Waals surface area contributed by atoms with Gasteiger partial charge in [-0.25, -0.2) is 18.7 Å². The number of aromatic nitrogens is 3. The summed E-state index contributed by atoms with van der Waals surface area (Å²) in [5.74, 6) is -1.49. The van der Waals surface area contributed by atoms with Crippen molar-refractivity contribution in [3.63, 3.8) is 0 Å². The van der Waals surface area contributed by atoms with Gasteiger partial charge in [0.15, 0.2) is 0 Å². The number of hydrogen-bond donors (Lipinski definition) is 1. The van der Waals surface area contributed by atoms with Crippen LogP contribution in [0.4, 0.5) is 4.39 Å². The number of carboxylic acid groups (broad SMARTS) is 1. The molecule has 0 aliphatic rings. The number of nitrogens with zero attached hydrogens (tertiary/aromatic N) is 3. The van der Waals surface area contributed by atoms with E-state index in [1.165, 1.54) is 12.1 Å². The minimum absolute atomic E-state index is 0.0456. The maximum Gasteiger partial charge on any atom is 0.348 e. The molecule has 0 amide bonds. The Hall–Kier alpha value is -3.26. The summed E-state index contributed by atoms with van der Waals surface area (Å²) in [4.78, 5) is 16.4. The fourth-order valence-electron chi connectivity index (χ4n) is 3.13. The highest BCUT2D eigenvalue weighted by atomic mass is 32.1. The lowest BCUT2D eigenvalue weighted by Gasteiger charge is -2.09.